The van der Waals surface area contributed by atoms with Gasteiger partial charge in [0.2, 0.25) is 6.79 Å². The van der Waals surface area contributed by atoms with Crippen LogP contribution >= 0.6 is 0 Å². The van der Waals surface area contributed by atoms with Crippen LogP contribution in [0.15, 0.2) is 59.7 Å². The smallest absolute Gasteiger partial charge is 0.273 e. The van der Waals surface area contributed by atoms with Gasteiger partial charge < -0.3 is 14.0 Å². The van der Waals surface area contributed by atoms with E-state index in [1.165, 1.54) is 0 Å². The van der Waals surface area contributed by atoms with Gasteiger partial charge in [-0.15, -0.1) is 0 Å². The lowest BCUT2D eigenvalue weighted by Gasteiger charge is -2.09. The summed E-state index contributed by atoms with van der Waals surface area (Å²) in [6, 6.07) is 17.9. The lowest BCUT2D eigenvalue weighted by atomic mass is 10.1. The third-order valence-electron chi connectivity index (χ3n) is 5.25. The van der Waals surface area contributed by atoms with Gasteiger partial charge in [-0.3, -0.25) is 4.79 Å². The number of rotatable bonds is 6. The maximum atomic E-state index is 12.7. The predicted molar refractivity (Wildman–Crippen MR) is 117 cm³/mol. The number of para-hydroxylation sites is 1. The van der Waals surface area contributed by atoms with Crippen molar-refractivity contribution < 1.29 is 14.3 Å². The van der Waals surface area contributed by atoms with Crippen molar-refractivity contribution in [2.75, 3.05) is 6.79 Å². The Morgan fingerprint density at radius 2 is 1.83 bits per heavy atom. The average Bonchev–Trinajstić information content (AvgIpc) is 3.34. The van der Waals surface area contributed by atoms with Crippen molar-refractivity contribution in [3.63, 3.8) is 0 Å². The van der Waals surface area contributed by atoms with Crippen LogP contribution in [0, 0.1) is 13.8 Å². The Morgan fingerprint density at radius 1 is 1.07 bits per heavy atom. The Bertz CT molecular complexity index is 1100. The first kappa shape index (κ1) is 19.8. The number of aromatic nitrogens is 1. The van der Waals surface area contributed by atoms with Crippen LogP contribution in [0.5, 0.6) is 11.5 Å². The second-order valence-corrected chi connectivity index (χ2v) is 7.43. The molecule has 30 heavy (non-hydrogen) atoms. The van der Waals surface area contributed by atoms with Crippen molar-refractivity contribution in [2.24, 2.45) is 5.10 Å². The zero-order valence-electron chi connectivity index (χ0n) is 17.4. The molecule has 0 fully saturated rings. The maximum Gasteiger partial charge on any atom is 0.273 e. The van der Waals surface area contributed by atoms with E-state index >= 15 is 0 Å². The number of nitrogens with zero attached hydrogens (tertiary/aromatic N) is 2. The molecule has 3 aromatic rings. The molecule has 0 bridgehead atoms. The maximum absolute atomic E-state index is 12.7. The van der Waals surface area contributed by atoms with E-state index in [4.69, 9.17) is 9.47 Å². The van der Waals surface area contributed by atoms with E-state index in [2.05, 4.69) is 15.1 Å². The molecule has 2 heterocycles. The number of fused-ring (bicyclic) bond motifs is 1. The number of benzene rings is 2. The molecule has 1 N–H and O–H groups in total. The zero-order chi connectivity index (χ0) is 21.1. The molecular weight excluding hydrogens is 378 g/mol. The number of aryl methyl sites for hydroxylation is 2. The van der Waals surface area contributed by atoms with Crippen LogP contribution in [0.25, 0.3) is 5.69 Å². The minimum absolute atomic E-state index is 0.201. The highest BCUT2D eigenvalue weighted by Crippen LogP contribution is 2.32. The van der Waals surface area contributed by atoms with E-state index in [1.54, 1.807) is 0 Å². The van der Waals surface area contributed by atoms with Crippen LogP contribution in [-0.4, -0.2) is 23.0 Å². The quantitative estimate of drug-likeness (QED) is 0.485. The molecule has 6 heteroatoms. The number of carbonyl (C=O) groups excluding carboxylic acids is 1. The van der Waals surface area contributed by atoms with E-state index in [9.17, 15) is 4.79 Å². The van der Waals surface area contributed by atoms with Crippen molar-refractivity contribution in [1.29, 1.82) is 0 Å². The van der Waals surface area contributed by atoms with Crippen molar-refractivity contribution in [2.45, 2.75) is 33.6 Å². The van der Waals surface area contributed by atoms with Crippen LogP contribution in [0.4, 0.5) is 0 Å². The summed E-state index contributed by atoms with van der Waals surface area (Å²) in [6.07, 6.45) is 1.55. The summed E-state index contributed by atoms with van der Waals surface area (Å²) in [5.74, 6) is 1.36. The van der Waals surface area contributed by atoms with Crippen molar-refractivity contribution >= 4 is 11.6 Å². The van der Waals surface area contributed by atoms with E-state index in [0.717, 1.165) is 52.7 Å². The number of amides is 1. The summed E-state index contributed by atoms with van der Waals surface area (Å²) in [6.45, 7) is 6.14. The number of hydrogen-bond acceptors (Lipinski definition) is 4. The van der Waals surface area contributed by atoms with Crippen molar-refractivity contribution in [3.8, 4) is 17.2 Å². The van der Waals surface area contributed by atoms with E-state index in [0.29, 0.717) is 5.56 Å². The second kappa shape index (κ2) is 8.45. The number of hydrogen-bond donors (Lipinski definition) is 1. The average molecular weight is 403 g/mol. The topological polar surface area (TPSA) is 64.8 Å². The summed E-state index contributed by atoms with van der Waals surface area (Å²) in [7, 11) is 0. The van der Waals surface area contributed by atoms with Gasteiger partial charge in [0.25, 0.3) is 5.91 Å². The van der Waals surface area contributed by atoms with Gasteiger partial charge >= 0.3 is 0 Å². The molecule has 0 saturated heterocycles. The molecular formula is C24H25N3O3. The van der Waals surface area contributed by atoms with Gasteiger partial charge in [0.05, 0.1) is 5.56 Å². The molecule has 0 saturated carbocycles. The van der Waals surface area contributed by atoms with Gasteiger partial charge in [0.15, 0.2) is 11.5 Å². The summed E-state index contributed by atoms with van der Waals surface area (Å²) in [4.78, 5) is 12.7. The molecule has 0 unspecified atom stereocenters. The minimum atomic E-state index is -0.201. The Balaban J connectivity index is 1.40. The van der Waals surface area contributed by atoms with E-state index < -0.39 is 0 Å². The Labute approximate surface area is 176 Å². The molecule has 154 valence electrons. The number of carbonyl (C=O) groups is 1. The van der Waals surface area contributed by atoms with Crippen molar-refractivity contribution in [3.05, 3.63) is 77.1 Å². The molecule has 6 nitrogen and oxygen atoms in total. The van der Waals surface area contributed by atoms with Gasteiger partial charge in [0, 0.05) is 22.8 Å². The molecule has 1 aliphatic heterocycles. The molecule has 4 rings (SSSR count). The van der Waals surface area contributed by atoms with Crippen LogP contribution in [0.1, 0.15) is 40.7 Å². The Hall–Kier alpha value is -3.54. The summed E-state index contributed by atoms with van der Waals surface area (Å²) in [5.41, 5.74) is 8.27. The summed E-state index contributed by atoms with van der Waals surface area (Å²) >= 11 is 0. The molecule has 2 aromatic carbocycles. The van der Waals surface area contributed by atoms with Crippen LogP contribution < -0.4 is 14.9 Å². The SMILES string of the molecule is C/C(CCc1ccc2c(c1)OCO2)=N\NC(=O)c1cc(C)n(-c2ccccc2)c1C. The van der Waals surface area contributed by atoms with Gasteiger partial charge in [-0.05, 0) is 69.5 Å². The Morgan fingerprint density at radius 3 is 2.63 bits per heavy atom. The number of hydrazone groups is 1. The largest absolute Gasteiger partial charge is 0.454 e. The fraction of sp³-hybridized carbons (Fsp3) is 0.250. The van der Waals surface area contributed by atoms with Crippen molar-refractivity contribution in [1.82, 2.24) is 9.99 Å². The van der Waals surface area contributed by atoms with Gasteiger partial charge in [-0.25, -0.2) is 5.43 Å². The highest BCUT2D eigenvalue weighted by molar-refractivity contribution is 5.96. The standard InChI is InChI=1S/C24H25N3O3/c1-16(9-10-19-11-12-22-23(14-19)30-15-29-22)25-26-24(28)21-13-17(2)27(18(21)3)20-7-5-4-6-8-20/h4-8,11-14H,9-10,15H2,1-3H3,(H,26,28)/b25-16+. The highest BCUT2D eigenvalue weighted by Gasteiger charge is 2.16. The van der Waals surface area contributed by atoms with E-state index in [-0.39, 0.29) is 12.7 Å². The van der Waals surface area contributed by atoms with Gasteiger partial charge in [-0.1, -0.05) is 24.3 Å². The monoisotopic (exact) mass is 403 g/mol. The second-order valence-electron chi connectivity index (χ2n) is 7.43. The van der Waals surface area contributed by atoms with Gasteiger partial charge in [0.1, 0.15) is 0 Å². The predicted octanol–water partition coefficient (Wildman–Crippen LogP) is 4.56. The van der Waals surface area contributed by atoms with Crippen LogP contribution in [0.3, 0.4) is 0 Å². The summed E-state index contributed by atoms with van der Waals surface area (Å²) in [5, 5.41) is 4.29. The molecule has 1 amide bonds. The highest BCUT2D eigenvalue weighted by atomic mass is 16.7. The first-order valence-corrected chi connectivity index (χ1v) is 9.99. The molecule has 0 radical (unpaired) electrons. The number of ether oxygens (including phenoxy) is 2. The minimum Gasteiger partial charge on any atom is -0.454 e. The third-order valence-corrected chi connectivity index (χ3v) is 5.25. The zero-order valence-corrected chi connectivity index (χ0v) is 17.4. The lowest BCUT2D eigenvalue weighted by molar-refractivity contribution is 0.0954. The fourth-order valence-corrected chi connectivity index (χ4v) is 3.65. The molecule has 0 atom stereocenters. The van der Waals surface area contributed by atoms with Gasteiger partial charge in [-0.2, -0.15) is 5.10 Å². The molecule has 0 spiro atoms. The first-order valence-electron chi connectivity index (χ1n) is 9.99. The fourth-order valence-electron chi connectivity index (χ4n) is 3.65. The first-order chi connectivity index (χ1) is 14.5. The van der Waals surface area contributed by atoms with E-state index in [1.807, 2.05) is 75.4 Å². The molecule has 1 aromatic heterocycles. The van der Waals surface area contributed by atoms with Crippen LogP contribution in [-0.2, 0) is 6.42 Å². The number of nitrogens with one attached hydrogen (secondary N) is 1. The summed E-state index contributed by atoms with van der Waals surface area (Å²) < 4.78 is 12.8. The van der Waals surface area contributed by atoms with Crippen LogP contribution in [0.2, 0.25) is 0 Å². The normalized spacial score (nSPS) is 12.8. The third kappa shape index (κ3) is 4.08. The molecule has 0 aliphatic carbocycles. The Kier molecular flexibility index (Phi) is 5.57. The lowest BCUT2D eigenvalue weighted by Crippen LogP contribution is -2.20. The molecule has 1 aliphatic rings.